The average Bonchev–Trinajstić information content (AvgIpc) is 2.79. The second kappa shape index (κ2) is 5.03. The number of halogens is 2. The highest BCUT2D eigenvalue weighted by molar-refractivity contribution is 9.11. The second-order valence-electron chi connectivity index (χ2n) is 5.67. The lowest BCUT2D eigenvalue weighted by atomic mass is 9.93. The molecule has 0 radical (unpaired) electrons. The van der Waals surface area contributed by atoms with Gasteiger partial charge in [-0.1, -0.05) is 32.1 Å². The highest BCUT2D eigenvalue weighted by atomic mass is 79.9. The van der Waals surface area contributed by atoms with Gasteiger partial charge in [0.2, 0.25) is 5.91 Å². The first kappa shape index (κ1) is 15.8. The van der Waals surface area contributed by atoms with Gasteiger partial charge >= 0.3 is 10.2 Å². The molecule has 0 saturated carbocycles. The van der Waals surface area contributed by atoms with E-state index in [1.807, 2.05) is 20.8 Å². The van der Waals surface area contributed by atoms with Crippen LogP contribution in [0.25, 0.3) is 0 Å². The van der Waals surface area contributed by atoms with Crippen LogP contribution >= 0.6 is 27.3 Å². The first-order chi connectivity index (χ1) is 9.00. The summed E-state index contributed by atoms with van der Waals surface area (Å²) in [5.41, 5.74) is 0.582. The molecule has 20 heavy (non-hydrogen) atoms. The minimum atomic E-state index is -4.71. The Morgan fingerprint density at radius 2 is 2.05 bits per heavy atom. The summed E-state index contributed by atoms with van der Waals surface area (Å²) in [7, 11) is -4.71. The van der Waals surface area contributed by atoms with E-state index < -0.39 is 21.4 Å². The molecule has 0 bridgehead atoms. The zero-order valence-corrected chi connectivity index (χ0v) is 14.4. The Morgan fingerprint density at radius 1 is 1.45 bits per heavy atom. The molecular formula is C11H14BrFN2O3S2. The molecule has 0 N–H and O–H groups in total. The van der Waals surface area contributed by atoms with Crippen LogP contribution in [-0.2, 0) is 20.4 Å². The molecule has 1 fully saturated rings. The van der Waals surface area contributed by atoms with Crippen molar-refractivity contribution in [3.8, 4) is 0 Å². The summed E-state index contributed by atoms with van der Waals surface area (Å²) in [6.45, 7) is 5.77. The fraction of sp³-hybridized carbons (Fsp3) is 0.636. The van der Waals surface area contributed by atoms with Gasteiger partial charge in [-0.05, 0) is 15.9 Å². The van der Waals surface area contributed by atoms with Crippen LogP contribution < -0.4 is 4.90 Å². The van der Waals surface area contributed by atoms with Gasteiger partial charge in [0.25, 0.3) is 0 Å². The predicted octanol–water partition coefficient (Wildman–Crippen LogP) is 2.61. The standard InChI is InChI=1S/C11H14BrFN2O3S2/c1-11(2,3)8-9(12)19-10(14-8)15-5-6(4-7(15)16)20(13,17)18/h6H,4-5H2,1-3H3. The fourth-order valence-electron chi connectivity index (χ4n) is 1.92. The van der Waals surface area contributed by atoms with Crippen LogP contribution in [0.5, 0.6) is 0 Å². The summed E-state index contributed by atoms with van der Waals surface area (Å²) in [5.74, 6) is -0.419. The zero-order valence-electron chi connectivity index (χ0n) is 11.2. The van der Waals surface area contributed by atoms with Crippen LogP contribution in [0.1, 0.15) is 32.9 Å². The third-order valence-corrected chi connectivity index (χ3v) is 5.84. The number of anilines is 1. The Morgan fingerprint density at radius 3 is 2.45 bits per heavy atom. The number of nitrogens with zero attached hydrogens (tertiary/aromatic N) is 2. The van der Waals surface area contributed by atoms with Gasteiger partial charge in [-0.15, -0.1) is 3.89 Å². The molecule has 1 amide bonds. The number of carbonyl (C=O) groups excluding carboxylic acids is 1. The molecule has 112 valence electrons. The molecule has 1 aliphatic rings. The Kier molecular flexibility index (Phi) is 3.98. The van der Waals surface area contributed by atoms with Crippen molar-refractivity contribution in [2.24, 2.45) is 0 Å². The Balaban J connectivity index is 2.32. The van der Waals surface area contributed by atoms with Crippen LogP contribution in [0.3, 0.4) is 0 Å². The van der Waals surface area contributed by atoms with Crippen molar-refractivity contribution >= 4 is 48.5 Å². The van der Waals surface area contributed by atoms with Crippen molar-refractivity contribution in [2.75, 3.05) is 11.4 Å². The molecule has 1 unspecified atom stereocenters. The van der Waals surface area contributed by atoms with E-state index in [0.717, 1.165) is 9.48 Å². The van der Waals surface area contributed by atoms with Crippen molar-refractivity contribution in [3.05, 3.63) is 9.48 Å². The molecule has 2 rings (SSSR count). The minimum absolute atomic E-state index is 0.179. The summed E-state index contributed by atoms with van der Waals surface area (Å²) >= 11 is 4.65. The number of aromatic nitrogens is 1. The molecule has 1 saturated heterocycles. The van der Waals surface area contributed by atoms with Gasteiger partial charge in [-0.25, -0.2) is 4.98 Å². The molecule has 9 heteroatoms. The molecule has 1 atom stereocenters. The molecule has 0 spiro atoms. The van der Waals surface area contributed by atoms with Crippen molar-refractivity contribution in [1.82, 2.24) is 4.98 Å². The van der Waals surface area contributed by atoms with E-state index in [0.29, 0.717) is 5.13 Å². The molecule has 0 aromatic carbocycles. The van der Waals surface area contributed by atoms with E-state index in [4.69, 9.17) is 0 Å². The van der Waals surface area contributed by atoms with Gasteiger partial charge in [0.05, 0.1) is 9.48 Å². The van der Waals surface area contributed by atoms with E-state index in [9.17, 15) is 17.1 Å². The monoisotopic (exact) mass is 384 g/mol. The number of hydrogen-bond donors (Lipinski definition) is 0. The van der Waals surface area contributed by atoms with Crippen LogP contribution in [0, 0.1) is 0 Å². The maximum absolute atomic E-state index is 13.0. The summed E-state index contributed by atoms with van der Waals surface area (Å²) < 4.78 is 35.6. The van der Waals surface area contributed by atoms with Crippen LogP contribution in [-0.4, -0.2) is 31.1 Å². The third-order valence-electron chi connectivity index (χ3n) is 3.00. The Bertz CT molecular complexity index is 651. The lowest BCUT2D eigenvalue weighted by Gasteiger charge is -2.16. The van der Waals surface area contributed by atoms with E-state index >= 15 is 0 Å². The molecule has 1 aliphatic heterocycles. The number of amides is 1. The summed E-state index contributed by atoms with van der Waals surface area (Å²) in [5, 5.41) is -0.895. The average molecular weight is 385 g/mol. The smallest absolute Gasteiger partial charge is 0.287 e. The number of carbonyl (C=O) groups is 1. The van der Waals surface area contributed by atoms with Gasteiger partial charge < -0.3 is 0 Å². The number of hydrogen-bond acceptors (Lipinski definition) is 5. The number of rotatable bonds is 2. The highest BCUT2D eigenvalue weighted by Gasteiger charge is 2.40. The van der Waals surface area contributed by atoms with E-state index in [2.05, 4.69) is 20.9 Å². The normalized spacial score (nSPS) is 20.8. The fourth-order valence-corrected chi connectivity index (χ4v) is 4.74. The summed E-state index contributed by atoms with van der Waals surface area (Å²) in [4.78, 5) is 17.5. The topological polar surface area (TPSA) is 67.3 Å². The highest BCUT2D eigenvalue weighted by Crippen LogP contribution is 2.39. The van der Waals surface area contributed by atoms with Gasteiger partial charge in [-0.2, -0.15) is 8.42 Å². The quantitative estimate of drug-likeness (QED) is 0.734. The Hall–Kier alpha value is -0.540. The summed E-state index contributed by atoms with van der Waals surface area (Å²) in [6.07, 6.45) is -0.332. The molecule has 1 aromatic rings. The first-order valence-corrected chi connectivity index (χ1v) is 8.96. The number of thiazole rings is 1. The maximum atomic E-state index is 13.0. The lowest BCUT2D eigenvalue weighted by Crippen LogP contribution is -2.27. The van der Waals surface area contributed by atoms with Gasteiger partial charge in [0.15, 0.2) is 5.13 Å². The van der Waals surface area contributed by atoms with Crippen LogP contribution in [0.4, 0.5) is 9.02 Å². The maximum Gasteiger partial charge on any atom is 0.307 e. The van der Waals surface area contributed by atoms with Gasteiger partial charge in [-0.3, -0.25) is 9.69 Å². The Labute approximate surface area is 129 Å². The third kappa shape index (κ3) is 3.04. The van der Waals surface area contributed by atoms with Crippen molar-refractivity contribution < 1.29 is 17.1 Å². The second-order valence-corrected chi connectivity index (χ2v) is 9.59. The van der Waals surface area contributed by atoms with Gasteiger partial charge in [0, 0.05) is 18.4 Å². The SMILES string of the molecule is CC(C)(C)c1nc(N2CC(S(=O)(=O)F)CC2=O)sc1Br. The predicted molar refractivity (Wildman–Crippen MR) is 79.3 cm³/mol. The van der Waals surface area contributed by atoms with Crippen molar-refractivity contribution in [3.63, 3.8) is 0 Å². The first-order valence-electron chi connectivity index (χ1n) is 5.91. The summed E-state index contributed by atoms with van der Waals surface area (Å²) in [6, 6.07) is 0. The molecule has 2 heterocycles. The molecule has 1 aromatic heterocycles. The molecular weight excluding hydrogens is 371 g/mol. The molecule has 0 aliphatic carbocycles. The van der Waals surface area contributed by atoms with E-state index in [1.165, 1.54) is 16.2 Å². The van der Waals surface area contributed by atoms with Crippen LogP contribution in [0.2, 0.25) is 0 Å². The van der Waals surface area contributed by atoms with Crippen molar-refractivity contribution in [2.45, 2.75) is 37.9 Å². The van der Waals surface area contributed by atoms with Crippen molar-refractivity contribution in [1.29, 1.82) is 0 Å². The van der Waals surface area contributed by atoms with E-state index in [1.54, 1.807) is 0 Å². The molecule has 5 nitrogen and oxygen atoms in total. The van der Waals surface area contributed by atoms with Crippen LogP contribution in [0.15, 0.2) is 3.79 Å². The lowest BCUT2D eigenvalue weighted by molar-refractivity contribution is -0.117. The van der Waals surface area contributed by atoms with Gasteiger partial charge in [0.1, 0.15) is 5.25 Å². The largest absolute Gasteiger partial charge is 0.307 e. The van der Waals surface area contributed by atoms with E-state index in [-0.39, 0.29) is 18.4 Å². The zero-order chi connectivity index (χ0) is 15.3. The minimum Gasteiger partial charge on any atom is -0.287 e.